The van der Waals surface area contributed by atoms with E-state index in [4.69, 9.17) is 11.0 Å². The Morgan fingerprint density at radius 3 is 2.58 bits per heavy atom. The molecule has 19 heavy (non-hydrogen) atoms. The summed E-state index contributed by atoms with van der Waals surface area (Å²) in [5.41, 5.74) is 7.07. The Labute approximate surface area is 119 Å². The SMILES string of the molecule is CC(N)C1CCN(C(=O)c2ccc(C#N)cc2)C1.Cl. The molecule has 1 aromatic carbocycles. The first-order valence-electron chi connectivity index (χ1n) is 6.17. The van der Waals surface area contributed by atoms with Crippen LogP contribution in [0.4, 0.5) is 0 Å². The predicted molar refractivity (Wildman–Crippen MR) is 76.1 cm³/mol. The van der Waals surface area contributed by atoms with Gasteiger partial charge in [0, 0.05) is 24.7 Å². The predicted octanol–water partition coefficient (Wildman–Crippen LogP) is 1.79. The van der Waals surface area contributed by atoms with Crippen molar-refractivity contribution in [1.82, 2.24) is 4.90 Å². The number of benzene rings is 1. The molecule has 4 nitrogen and oxygen atoms in total. The van der Waals surface area contributed by atoms with Crippen LogP contribution in [-0.2, 0) is 0 Å². The normalized spacial score (nSPS) is 19.4. The van der Waals surface area contributed by atoms with Gasteiger partial charge in [0.1, 0.15) is 0 Å². The number of likely N-dealkylation sites (tertiary alicyclic amines) is 1. The zero-order valence-corrected chi connectivity index (χ0v) is 11.7. The molecule has 1 aliphatic rings. The maximum absolute atomic E-state index is 12.2. The second-order valence-electron chi connectivity index (χ2n) is 4.85. The van der Waals surface area contributed by atoms with Crippen molar-refractivity contribution in [2.75, 3.05) is 13.1 Å². The van der Waals surface area contributed by atoms with Crippen LogP contribution >= 0.6 is 12.4 Å². The molecule has 0 aromatic heterocycles. The van der Waals surface area contributed by atoms with Crippen molar-refractivity contribution in [3.63, 3.8) is 0 Å². The van der Waals surface area contributed by atoms with E-state index in [0.29, 0.717) is 17.0 Å². The van der Waals surface area contributed by atoms with E-state index < -0.39 is 0 Å². The zero-order chi connectivity index (χ0) is 13.1. The Hall–Kier alpha value is -1.57. The first-order chi connectivity index (χ1) is 8.61. The summed E-state index contributed by atoms with van der Waals surface area (Å²) in [6, 6.07) is 8.93. The quantitative estimate of drug-likeness (QED) is 0.897. The molecule has 102 valence electrons. The van der Waals surface area contributed by atoms with Crippen LogP contribution in [0.1, 0.15) is 29.3 Å². The van der Waals surface area contributed by atoms with Crippen LogP contribution in [0.3, 0.4) is 0 Å². The number of nitrogens with two attached hydrogens (primary N) is 1. The molecule has 0 spiro atoms. The molecular formula is C14H18ClN3O. The third kappa shape index (κ3) is 3.46. The van der Waals surface area contributed by atoms with E-state index in [-0.39, 0.29) is 24.4 Å². The Morgan fingerprint density at radius 1 is 1.47 bits per heavy atom. The van der Waals surface area contributed by atoms with Crippen molar-refractivity contribution in [3.05, 3.63) is 35.4 Å². The number of rotatable bonds is 2. The van der Waals surface area contributed by atoms with Gasteiger partial charge in [-0.05, 0) is 43.5 Å². The molecule has 0 radical (unpaired) electrons. The van der Waals surface area contributed by atoms with Gasteiger partial charge in [-0.15, -0.1) is 12.4 Å². The molecule has 1 saturated heterocycles. The van der Waals surface area contributed by atoms with Crippen LogP contribution in [0, 0.1) is 17.2 Å². The highest BCUT2D eigenvalue weighted by molar-refractivity contribution is 5.94. The molecule has 5 heteroatoms. The Morgan fingerprint density at radius 2 is 2.11 bits per heavy atom. The summed E-state index contributed by atoms with van der Waals surface area (Å²) in [5.74, 6) is 0.426. The fourth-order valence-corrected chi connectivity index (χ4v) is 2.27. The lowest BCUT2D eigenvalue weighted by molar-refractivity contribution is 0.0786. The van der Waals surface area contributed by atoms with Gasteiger partial charge < -0.3 is 10.6 Å². The highest BCUT2D eigenvalue weighted by atomic mass is 35.5. The van der Waals surface area contributed by atoms with Gasteiger partial charge in [0.2, 0.25) is 0 Å². The maximum Gasteiger partial charge on any atom is 0.253 e. The van der Waals surface area contributed by atoms with Crippen molar-refractivity contribution in [3.8, 4) is 6.07 Å². The minimum atomic E-state index is 0. The summed E-state index contributed by atoms with van der Waals surface area (Å²) < 4.78 is 0. The molecule has 1 aromatic rings. The number of nitrogens with zero attached hydrogens (tertiary/aromatic N) is 2. The van der Waals surface area contributed by atoms with Crippen molar-refractivity contribution in [1.29, 1.82) is 5.26 Å². The average Bonchev–Trinajstić information content (AvgIpc) is 2.88. The van der Waals surface area contributed by atoms with Crippen LogP contribution < -0.4 is 5.73 Å². The summed E-state index contributed by atoms with van der Waals surface area (Å²) in [7, 11) is 0. The van der Waals surface area contributed by atoms with E-state index in [1.54, 1.807) is 24.3 Å². The zero-order valence-electron chi connectivity index (χ0n) is 10.9. The maximum atomic E-state index is 12.2. The second kappa shape index (κ2) is 6.55. The van der Waals surface area contributed by atoms with Gasteiger partial charge in [-0.3, -0.25) is 4.79 Å². The highest BCUT2D eigenvalue weighted by Crippen LogP contribution is 2.20. The van der Waals surface area contributed by atoms with Gasteiger partial charge in [0.25, 0.3) is 5.91 Å². The number of carbonyl (C=O) groups excluding carboxylic acids is 1. The van der Waals surface area contributed by atoms with Gasteiger partial charge in [0.15, 0.2) is 0 Å². The van der Waals surface area contributed by atoms with Crippen molar-refractivity contribution >= 4 is 18.3 Å². The van der Waals surface area contributed by atoms with Crippen LogP contribution in [0.5, 0.6) is 0 Å². The lowest BCUT2D eigenvalue weighted by Crippen LogP contribution is -2.32. The van der Waals surface area contributed by atoms with Gasteiger partial charge >= 0.3 is 0 Å². The van der Waals surface area contributed by atoms with E-state index in [1.165, 1.54) is 0 Å². The average molecular weight is 280 g/mol. The minimum absolute atomic E-state index is 0. The van der Waals surface area contributed by atoms with Crippen LogP contribution in [0.2, 0.25) is 0 Å². The summed E-state index contributed by atoms with van der Waals surface area (Å²) in [6.07, 6.45) is 0.972. The molecule has 2 N–H and O–H groups in total. The minimum Gasteiger partial charge on any atom is -0.338 e. The molecule has 1 aliphatic heterocycles. The Bertz CT molecular complexity index is 478. The number of amides is 1. The van der Waals surface area contributed by atoms with E-state index in [9.17, 15) is 4.79 Å². The fourth-order valence-electron chi connectivity index (χ4n) is 2.27. The van der Waals surface area contributed by atoms with Crippen LogP contribution in [-0.4, -0.2) is 29.9 Å². The summed E-state index contributed by atoms with van der Waals surface area (Å²) in [5, 5.41) is 8.72. The molecule has 1 heterocycles. The number of halogens is 1. The van der Waals surface area contributed by atoms with E-state index in [2.05, 4.69) is 0 Å². The number of nitriles is 1. The molecule has 0 bridgehead atoms. The second-order valence-corrected chi connectivity index (χ2v) is 4.85. The third-order valence-electron chi connectivity index (χ3n) is 3.52. The molecule has 0 aliphatic carbocycles. The van der Waals surface area contributed by atoms with Crippen molar-refractivity contribution < 1.29 is 4.79 Å². The molecule has 1 amide bonds. The monoisotopic (exact) mass is 279 g/mol. The first kappa shape index (κ1) is 15.5. The Kier molecular flexibility index (Phi) is 5.34. The van der Waals surface area contributed by atoms with E-state index in [1.807, 2.05) is 17.9 Å². The van der Waals surface area contributed by atoms with Gasteiger partial charge in [-0.2, -0.15) is 5.26 Å². The van der Waals surface area contributed by atoms with Crippen molar-refractivity contribution in [2.24, 2.45) is 11.7 Å². The number of carbonyl (C=O) groups is 1. The molecule has 0 saturated carbocycles. The molecule has 2 rings (SSSR count). The first-order valence-corrected chi connectivity index (χ1v) is 6.17. The van der Waals surface area contributed by atoms with Gasteiger partial charge in [-0.25, -0.2) is 0 Å². The molecular weight excluding hydrogens is 262 g/mol. The fraction of sp³-hybridized carbons (Fsp3) is 0.429. The highest BCUT2D eigenvalue weighted by Gasteiger charge is 2.28. The summed E-state index contributed by atoms with van der Waals surface area (Å²) >= 11 is 0. The number of hydrogen-bond donors (Lipinski definition) is 1. The van der Waals surface area contributed by atoms with E-state index in [0.717, 1.165) is 19.5 Å². The topological polar surface area (TPSA) is 70.1 Å². The summed E-state index contributed by atoms with van der Waals surface area (Å²) in [6.45, 7) is 3.49. The number of hydrogen-bond acceptors (Lipinski definition) is 3. The third-order valence-corrected chi connectivity index (χ3v) is 3.52. The van der Waals surface area contributed by atoms with Gasteiger partial charge in [0.05, 0.1) is 11.6 Å². The van der Waals surface area contributed by atoms with Crippen molar-refractivity contribution in [2.45, 2.75) is 19.4 Å². The van der Waals surface area contributed by atoms with Crippen LogP contribution in [0.25, 0.3) is 0 Å². The Balaban J connectivity index is 0.00000180. The molecule has 2 unspecified atom stereocenters. The molecule has 1 fully saturated rings. The molecule has 2 atom stereocenters. The lowest BCUT2D eigenvalue weighted by Gasteiger charge is -2.18. The lowest BCUT2D eigenvalue weighted by atomic mass is 10.0. The standard InChI is InChI=1S/C14H17N3O.ClH/c1-10(16)13-6-7-17(9-13)14(18)12-4-2-11(8-15)3-5-12;/h2-5,10,13H,6-7,9,16H2,1H3;1H. The smallest absolute Gasteiger partial charge is 0.253 e. The largest absolute Gasteiger partial charge is 0.338 e. The van der Waals surface area contributed by atoms with Crippen LogP contribution in [0.15, 0.2) is 24.3 Å². The summed E-state index contributed by atoms with van der Waals surface area (Å²) in [4.78, 5) is 14.1. The van der Waals surface area contributed by atoms with E-state index >= 15 is 0 Å². The van der Waals surface area contributed by atoms with Gasteiger partial charge in [-0.1, -0.05) is 0 Å².